The van der Waals surface area contributed by atoms with Crippen molar-refractivity contribution in [3.8, 4) is 0 Å². The number of amides is 1. The molecule has 1 N–H and O–H groups in total. The molecule has 0 fully saturated rings. The molecule has 3 aromatic rings. The van der Waals surface area contributed by atoms with Crippen LogP contribution in [0.25, 0.3) is 0 Å². The van der Waals surface area contributed by atoms with Crippen molar-refractivity contribution in [1.82, 2.24) is 10.2 Å². The summed E-state index contributed by atoms with van der Waals surface area (Å²) in [4.78, 5) is 16.5. The van der Waals surface area contributed by atoms with Crippen molar-refractivity contribution >= 4 is 17.2 Å². The third-order valence-corrected chi connectivity index (χ3v) is 5.47. The minimum absolute atomic E-state index is 0.0332. The molecule has 2 aromatic carbocycles. The van der Waals surface area contributed by atoms with Crippen LogP contribution in [0.5, 0.6) is 0 Å². The fraction of sp³-hybridized carbons (Fsp3) is 0.227. The fourth-order valence-electron chi connectivity index (χ4n) is 3.10. The zero-order valence-corrected chi connectivity index (χ0v) is 15.9. The van der Waals surface area contributed by atoms with Crippen molar-refractivity contribution in [2.24, 2.45) is 0 Å². The van der Waals surface area contributed by atoms with Gasteiger partial charge >= 0.3 is 0 Å². The number of rotatable bonds is 7. The SMILES string of the molecule is CN(C)C(CNC(=O)C(c1ccccc1)c1ccccc1)c1cccs1. The summed E-state index contributed by atoms with van der Waals surface area (Å²) in [5, 5.41) is 5.25. The van der Waals surface area contributed by atoms with E-state index in [4.69, 9.17) is 0 Å². The van der Waals surface area contributed by atoms with E-state index in [1.807, 2.05) is 74.8 Å². The Morgan fingerprint density at radius 1 is 0.923 bits per heavy atom. The van der Waals surface area contributed by atoms with E-state index in [-0.39, 0.29) is 17.9 Å². The molecular weight excluding hydrogens is 340 g/mol. The van der Waals surface area contributed by atoms with E-state index in [2.05, 4.69) is 27.7 Å². The maximum Gasteiger partial charge on any atom is 0.232 e. The van der Waals surface area contributed by atoms with Gasteiger partial charge in [0.2, 0.25) is 5.91 Å². The molecule has 3 nitrogen and oxygen atoms in total. The highest BCUT2D eigenvalue weighted by atomic mass is 32.1. The average Bonchev–Trinajstić information content (AvgIpc) is 3.18. The van der Waals surface area contributed by atoms with Crippen LogP contribution >= 0.6 is 11.3 Å². The Balaban J connectivity index is 1.80. The predicted molar refractivity (Wildman–Crippen MR) is 108 cm³/mol. The quantitative estimate of drug-likeness (QED) is 0.678. The number of likely N-dealkylation sites (N-methyl/N-ethyl adjacent to an activating group) is 1. The minimum Gasteiger partial charge on any atom is -0.353 e. The van der Waals surface area contributed by atoms with Gasteiger partial charge < -0.3 is 10.2 Å². The van der Waals surface area contributed by atoms with Gasteiger partial charge in [0.1, 0.15) is 0 Å². The van der Waals surface area contributed by atoms with E-state index >= 15 is 0 Å². The van der Waals surface area contributed by atoms with E-state index in [0.717, 1.165) is 11.1 Å². The van der Waals surface area contributed by atoms with Gasteiger partial charge in [-0.2, -0.15) is 0 Å². The van der Waals surface area contributed by atoms with E-state index in [1.54, 1.807) is 11.3 Å². The molecule has 0 saturated carbocycles. The fourth-order valence-corrected chi connectivity index (χ4v) is 4.03. The molecule has 3 rings (SSSR count). The Bertz CT molecular complexity index is 761. The molecule has 0 bridgehead atoms. The lowest BCUT2D eigenvalue weighted by Gasteiger charge is -2.25. The van der Waals surface area contributed by atoms with Crippen LogP contribution in [0.2, 0.25) is 0 Å². The molecule has 0 aliphatic heterocycles. The zero-order valence-electron chi connectivity index (χ0n) is 15.1. The van der Waals surface area contributed by atoms with Crippen molar-refractivity contribution in [1.29, 1.82) is 0 Å². The molecule has 0 aliphatic rings. The smallest absolute Gasteiger partial charge is 0.232 e. The van der Waals surface area contributed by atoms with E-state index in [0.29, 0.717) is 6.54 Å². The Morgan fingerprint density at radius 2 is 1.50 bits per heavy atom. The third kappa shape index (κ3) is 4.40. The zero-order chi connectivity index (χ0) is 18.4. The maximum atomic E-state index is 13.1. The number of thiophene rings is 1. The second-order valence-electron chi connectivity index (χ2n) is 6.49. The van der Waals surface area contributed by atoms with Crippen molar-refractivity contribution in [3.63, 3.8) is 0 Å². The van der Waals surface area contributed by atoms with Crippen LogP contribution in [0.3, 0.4) is 0 Å². The van der Waals surface area contributed by atoms with E-state index in [9.17, 15) is 4.79 Å². The molecule has 0 radical (unpaired) electrons. The maximum absolute atomic E-state index is 13.1. The number of carbonyl (C=O) groups is 1. The molecule has 0 aliphatic carbocycles. The van der Waals surface area contributed by atoms with Gasteiger partial charge in [-0.3, -0.25) is 4.79 Å². The minimum atomic E-state index is -0.302. The summed E-state index contributed by atoms with van der Waals surface area (Å²) >= 11 is 1.72. The van der Waals surface area contributed by atoms with Crippen LogP contribution in [0.15, 0.2) is 78.2 Å². The summed E-state index contributed by atoms with van der Waals surface area (Å²) in [6, 6.07) is 24.3. The normalized spacial score (nSPS) is 12.3. The Labute approximate surface area is 159 Å². The standard InChI is InChI=1S/C22H24N2OS/c1-24(2)19(20-14-9-15-26-20)16-23-22(25)21(17-10-5-3-6-11-17)18-12-7-4-8-13-18/h3-15,19,21H,16H2,1-2H3,(H,23,25). The van der Waals surface area contributed by atoms with E-state index in [1.165, 1.54) is 4.88 Å². The third-order valence-electron chi connectivity index (χ3n) is 4.49. The van der Waals surface area contributed by atoms with Crippen LogP contribution in [0.4, 0.5) is 0 Å². The lowest BCUT2D eigenvalue weighted by atomic mass is 9.90. The van der Waals surface area contributed by atoms with Crippen LogP contribution in [-0.4, -0.2) is 31.4 Å². The highest BCUT2D eigenvalue weighted by Gasteiger charge is 2.24. The molecule has 1 amide bonds. The molecule has 1 unspecified atom stereocenters. The summed E-state index contributed by atoms with van der Waals surface area (Å²) in [6.07, 6.45) is 0. The van der Waals surface area contributed by atoms with Gasteiger partial charge in [-0.15, -0.1) is 11.3 Å². The van der Waals surface area contributed by atoms with Crippen molar-refractivity contribution in [2.75, 3.05) is 20.6 Å². The molecule has 0 spiro atoms. The number of hydrogen-bond acceptors (Lipinski definition) is 3. The summed E-state index contributed by atoms with van der Waals surface area (Å²) in [6.45, 7) is 0.586. The molecule has 4 heteroatoms. The molecule has 1 atom stereocenters. The highest BCUT2D eigenvalue weighted by molar-refractivity contribution is 7.10. The Kier molecular flexibility index (Phi) is 6.21. The van der Waals surface area contributed by atoms with Crippen LogP contribution in [-0.2, 0) is 4.79 Å². The second kappa shape index (κ2) is 8.79. The van der Waals surface area contributed by atoms with Crippen molar-refractivity contribution < 1.29 is 4.79 Å². The lowest BCUT2D eigenvalue weighted by molar-refractivity contribution is -0.121. The van der Waals surface area contributed by atoms with Crippen LogP contribution in [0.1, 0.15) is 28.0 Å². The van der Waals surface area contributed by atoms with Gasteiger partial charge in [0.05, 0.1) is 12.0 Å². The first-order valence-corrected chi connectivity index (χ1v) is 9.62. The predicted octanol–water partition coefficient (Wildman–Crippen LogP) is 4.30. The Hall–Kier alpha value is -2.43. The number of hydrogen-bond donors (Lipinski definition) is 1. The monoisotopic (exact) mass is 364 g/mol. The number of carbonyl (C=O) groups excluding carboxylic acids is 1. The topological polar surface area (TPSA) is 32.3 Å². The molecule has 0 saturated heterocycles. The molecule has 1 heterocycles. The van der Waals surface area contributed by atoms with Crippen molar-refractivity contribution in [3.05, 3.63) is 94.2 Å². The molecule has 1 aromatic heterocycles. The van der Waals surface area contributed by atoms with Crippen molar-refractivity contribution in [2.45, 2.75) is 12.0 Å². The number of nitrogens with zero attached hydrogens (tertiary/aromatic N) is 1. The lowest BCUT2D eigenvalue weighted by Crippen LogP contribution is -2.37. The number of nitrogens with one attached hydrogen (secondary N) is 1. The first-order chi connectivity index (χ1) is 12.7. The highest BCUT2D eigenvalue weighted by Crippen LogP contribution is 2.26. The first-order valence-electron chi connectivity index (χ1n) is 8.74. The number of benzene rings is 2. The van der Waals surface area contributed by atoms with Gasteiger partial charge in [0.25, 0.3) is 0 Å². The van der Waals surface area contributed by atoms with Gasteiger partial charge in [0, 0.05) is 11.4 Å². The van der Waals surface area contributed by atoms with Crippen LogP contribution < -0.4 is 5.32 Å². The van der Waals surface area contributed by atoms with E-state index < -0.39 is 0 Å². The molecular formula is C22H24N2OS. The second-order valence-corrected chi connectivity index (χ2v) is 7.47. The summed E-state index contributed by atoms with van der Waals surface area (Å²) in [5.41, 5.74) is 2.02. The summed E-state index contributed by atoms with van der Waals surface area (Å²) < 4.78 is 0. The first kappa shape index (κ1) is 18.4. The van der Waals surface area contributed by atoms with Crippen LogP contribution in [0, 0.1) is 0 Å². The molecule has 134 valence electrons. The van der Waals surface area contributed by atoms with Gasteiger partial charge in [-0.1, -0.05) is 66.7 Å². The van der Waals surface area contributed by atoms with Gasteiger partial charge in [0.15, 0.2) is 0 Å². The Morgan fingerprint density at radius 3 is 1.96 bits per heavy atom. The summed E-state index contributed by atoms with van der Waals surface area (Å²) in [5.74, 6) is -0.269. The molecule has 26 heavy (non-hydrogen) atoms. The van der Waals surface area contributed by atoms with Gasteiger partial charge in [-0.25, -0.2) is 0 Å². The average molecular weight is 365 g/mol. The largest absolute Gasteiger partial charge is 0.353 e. The summed E-state index contributed by atoms with van der Waals surface area (Å²) in [7, 11) is 4.09. The van der Waals surface area contributed by atoms with Gasteiger partial charge in [-0.05, 0) is 36.7 Å².